The average molecular weight is 195 g/mol. The van der Waals surface area contributed by atoms with Gasteiger partial charge in [0.05, 0.1) is 6.61 Å². The lowest BCUT2D eigenvalue weighted by atomic mass is 10.1. The predicted octanol–water partition coefficient (Wildman–Crippen LogP) is 2.05. The summed E-state index contributed by atoms with van der Waals surface area (Å²) in [7, 11) is 0. The van der Waals surface area contributed by atoms with E-state index < -0.39 is 0 Å². The van der Waals surface area contributed by atoms with Crippen molar-refractivity contribution in [3.8, 4) is 5.75 Å². The van der Waals surface area contributed by atoms with Gasteiger partial charge in [0.2, 0.25) is 0 Å². The van der Waals surface area contributed by atoms with Crippen molar-refractivity contribution in [2.45, 2.75) is 20.3 Å². The number of benzene rings is 1. The smallest absolute Gasteiger partial charge is 0.119 e. The van der Waals surface area contributed by atoms with Crippen molar-refractivity contribution in [3.05, 3.63) is 29.3 Å². The zero-order valence-electron chi connectivity index (χ0n) is 8.71. The predicted molar refractivity (Wildman–Crippen MR) is 55.8 cm³/mol. The number of nitrogens with one attached hydrogen (secondary N) is 1. The van der Waals surface area contributed by atoms with Gasteiger partial charge in [-0.15, -0.1) is 0 Å². The van der Waals surface area contributed by atoms with Crippen LogP contribution in [0.4, 0.5) is 0 Å². The second kappa shape index (κ2) is 5.62. The van der Waals surface area contributed by atoms with Crippen LogP contribution >= 0.6 is 0 Å². The van der Waals surface area contributed by atoms with Crippen LogP contribution in [0.15, 0.2) is 18.2 Å². The molecule has 0 aromatic heterocycles. The van der Waals surface area contributed by atoms with Crippen molar-refractivity contribution in [1.29, 1.82) is 0 Å². The van der Waals surface area contributed by atoms with Crippen molar-refractivity contribution in [3.63, 3.8) is 0 Å². The van der Waals surface area contributed by atoms with E-state index in [0.29, 0.717) is 13.2 Å². The Morgan fingerprint density at radius 3 is 2.71 bits per heavy atom. The number of hydrogen-bond donors (Lipinski definition) is 2. The number of rotatable bonds is 5. The summed E-state index contributed by atoms with van der Waals surface area (Å²) < 4.78 is 5.49. The monoisotopic (exact) mass is 195 g/mol. The Labute approximate surface area is 84.7 Å². The highest BCUT2D eigenvalue weighted by atomic mass is 16.5. The van der Waals surface area contributed by atoms with Gasteiger partial charge in [-0.05, 0) is 43.5 Å². The van der Waals surface area contributed by atoms with E-state index in [-0.39, 0.29) is 0 Å². The molecule has 0 atom stereocenters. The number of hydroxylamine groups is 1. The lowest BCUT2D eigenvalue weighted by molar-refractivity contribution is 0.157. The molecule has 1 rings (SSSR count). The van der Waals surface area contributed by atoms with E-state index in [2.05, 4.69) is 25.4 Å². The zero-order valence-corrected chi connectivity index (χ0v) is 8.71. The first-order chi connectivity index (χ1) is 6.74. The first kappa shape index (κ1) is 11.0. The zero-order chi connectivity index (χ0) is 10.4. The van der Waals surface area contributed by atoms with Gasteiger partial charge in [-0.3, -0.25) is 0 Å². The van der Waals surface area contributed by atoms with Crippen LogP contribution in [-0.4, -0.2) is 18.4 Å². The molecular formula is C11H17NO2. The van der Waals surface area contributed by atoms with Crippen molar-refractivity contribution in [2.75, 3.05) is 13.2 Å². The maximum absolute atomic E-state index is 8.34. The third kappa shape index (κ3) is 3.36. The maximum atomic E-state index is 8.34. The molecule has 0 aliphatic carbocycles. The van der Waals surface area contributed by atoms with Crippen LogP contribution in [0.3, 0.4) is 0 Å². The van der Waals surface area contributed by atoms with E-state index in [9.17, 15) is 0 Å². The van der Waals surface area contributed by atoms with Gasteiger partial charge in [0.1, 0.15) is 5.75 Å². The summed E-state index contributed by atoms with van der Waals surface area (Å²) in [6, 6.07) is 6.05. The third-order valence-corrected chi connectivity index (χ3v) is 2.18. The molecule has 0 heterocycles. The van der Waals surface area contributed by atoms with E-state index >= 15 is 0 Å². The molecule has 0 bridgehead atoms. The van der Waals surface area contributed by atoms with Gasteiger partial charge in [-0.25, -0.2) is 5.48 Å². The van der Waals surface area contributed by atoms with E-state index in [1.165, 1.54) is 11.1 Å². The molecule has 0 amide bonds. The van der Waals surface area contributed by atoms with Gasteiger partial charge < -0.3 is 9.94 Å². The standard InChI is InChI=1S/C11H17NO2/c1-9-4-5-11(8-10(9)2)14-7-3-6-12-13/h4-5,8,12-13H,3,6-7H2,1-2H3. The molecule has 0 spiro atoms. The molecule has 0 saturated heterocycles. The SMILES string of the molecule is Cc1ccc(OCCCNO)cc1C. The van der Waals surface area contributed by atoms with Crippen molar-refractivity contribution < 1.29 is 9.94 Å². The highest BCUT2D eigenvalue weighted by molar-refractivity contribution is 5.33. The second-order valence-electron chi connectivity index (χ2n) is 3.36. The fourth-order valence-electron chi connectivity index (χ4n) is 1.14. The van der Waals surface area contributed by atoms with E-state index in [1.54, 1.807) is 0 Å². The summed E-state index contributed by atoms with van der Waals surface area (Å²) in [5.74, 6) is 0.894. The summed E-state index contributed by atoms with van der Waals surface area (Å²) in [5, 5.41) is 8.34. The molecule has 0 radical (unpaired) electrons. The molecule has 3 heteroatoms. The topological polar surface area (TPSA) is 41.5 Å². The van der Waals surface area contributed by atoms with Crippen LogP contribution in [0.1, 0.15) is 17.5 Å². The van der Waals surface area contributed by atoms with Crippen molar-refractivity contribution in [1.82, 2.24) is 5.48 Å². The Morgan fingerprint density at radius 1 is 1.29 bits per heavy atom. The molecule has 1 aromatic rings. The molecule has 0 aliphatic heterocycles. The van der Waals surface area contributed by atoms with Crippen molar-refractivity contribution >= 4 is 0 Å². The van der Waals surface area contributed by atoms with Crippen molar-refractivity contribution in [2.24, 2.45) is 0 Å². The highest BCUT2D eigenvalue weighted by Gasteiger charge is 1.96. The van der Waals surface area contributed by atoms with Gasteiger partial charge in [0, 0.05) is 6.54 Å². The fourth-order valence-corrected chi connectivity index (χ4v) is 1.14. The molecule has 3 nitrogen and oxygen atoms in total. The van der Waals surface area contributed by atoms with E-state index in [0.717, 1.165) is 12.2 Å². The average Bonchev–Trinajstić information content (AvgIpc) is 2.18. The molecule has 0 unspecified atom stereocenters. The summed E-state index contributed by atoms with van der Waals surface area (Å²) in [6.07, 6.45) is 0.795. The minimum absolute atomic E-state index is 0.560. The number of hydrogen-bond acceptors (Lipinski definition) is 3. The molecule has 2 N–H and O–H groups in total. The minimum atomic E-state index is 0.560. The van der Waals surface area contributed by atoms with E-state index in [4.69, 9.17) is 9.94 Å². The minimum Gasteiger partial charge on any atom is -0.494 e. The second-order valence-corrected chi connectivity index (χ2v) is 3.36. The summed E-state index contributed by atoms with van der Waals surface area (Å²) in [4.78, 5) is 0. The van der Waals surface area contributed by atoms with Crippen LogP contribution in [0.25, 0.3) is 0 Å². The normalized spacial score (nSPS) is 10.2. The van der Waals surface area contributed by atoms with Crippen LogP contribution in [0.5, 0.6) is 5.75 Å². The molecule has 1 aromatic carbocycles. The van der Waals surface area contributed by atoms with Gasteiger partial charge in [-0.2, -0.15) is 0 Å². The van der Waals surface area contributed by atoms with Gasteiger partial charge in [0.25, 0.3) is 0 Å². The number of ether oxygens (including phenoxy) is 1. The lowest BCUT2D eigenvalue weighted by Gasteiger charge is -2.07. The quantitative estimate of drug-likeness (QED) is 0.558. The third-order valence-electron chi connectivity index (χ3n) is 2.18. The maximum Gasteiger partial charge on any atom is 0.119 e. The van der Waals surface area contributed by atoms with Crippen LogP contribution in [0.2, 0.25) is 0 Å². The Bertz CT molecular complexity index is 287. The lowest BCUT2D eigenvalue weighted by Crippen LogP contribution is -2.12. The van der Waals surface area contributed by atoms with Crippen LogP contribution < -0.4 is 10.2 Å². The molecule has 0 aliphatic rings. The van der Waals surface area contributed by atoms with Crippen LogP contribution in [0, 0.1) is 13.8 Å². The molecule has 0 fully saturated rings. The Hall–Kier alpha value is -1.06. The largest absolute Gasteiger partial charge is 0.494 e. The first-order valence-electron chi connectivity index (χ1n) is 4.81. The Balaban J connectivity index is 2.39. The van der Waals surface area contributed by atoms with Gasteiger partial charge >= 0.3 is 0 Å². The molecular weight excluding hydrogens is 178 g/mol. The molecule has 0 saturated carbocycles. The molecule has 78 valence electrons. The van der Waals surface area contributed by atoms with E-state index in [1.807, 2.05) is 12.1 Å². The Morgan fingerprint density at radius 2 is 2.07 bits per heavy atom. The van der Waals surface area contributed by atoms with Crippen LogP contribution in [-0.2, 0) is 0 Å². The summed E-state index contributed by atoms with van der Waals surface area (Å²) >= 11 is 0. The number of aryl methyl sites for hydroxylation is 2. The summed E-state index contributed by atoms with van der Waals surface area (Å²) in [5.41, 5.74) is 4.61. The Kier molecular flexibility index (Phi) is 4.43. The molecule has 14 heavy (non-hydrogen) atoms. The first-order valence-corrected chi connectivity index (χ1v) is 4.81. The fraction of sp³-hybridized carbons (Fsp3) is 0.455. The van der Waals surface area contributed by atoms with Gasteiger partial charge in [-0.1, -0.05) is 6.07 Å². The highest BCUT2D eigenvalue weighted by Crippen LogP contribution is 2.16. The summed E-state index contributed by atoms with van der Waals surface area (Å²) in [6.45, 7) is 5.33. The van der Waals surface area contributed by atoms with Gasteiger partial charge in [0.15, 0.2) is 0 Å².